The fourth-order valence-corrected chi connectivity index (χ4v) is 6.37. The number of hydrogen-bond donors (Lipinski definition) is 0. The molecule has 1 aliphatic rings. The van der Waals surface area contributed by atoms with Gasteiger partial charge in [-0.1, -0.05) is 11.6 Å². The van der Waals surface area contributed by atoms with Crippen LogP contribution in [-0.4, -0.2) is 55.5 Å². The van der Waals surface area contributed by atoms with Gasteiger partial charge in [0.15, 0.2) is 0 Å². The van der Waals surface area contributed by atoms with Gasteiger partial charge in [-0.3, -0.25) is 4.79 Å². The first-order valence-corrected chi connectivity index (χ1v) is 11.4. The summed E-state index contributed by atoms with van der Waals surface area (Å²) in [6, 6.07) is 9.03. The zero-order chi connectivity index (χ0) is 18.7. The van der Waals surface area contributed by atoms with Crippen LogP contribution < -0.4 is 0 Å². The minimum absolute atomic E-state index is 0.0597. The van der Waals surface area contributed by atoms with E-state index in [1.165, 1.54) is 34.3 Å². The van der Waals surface area contributed by atoms with Crippen LogP contribution in [0.3, 0.4) is 0 Å². The van der Waals surface area contributed by atoms with Gasteiger partial charge in [0.25, 0.3) is 10.0 Å². The molecule has 0 spiro atoms. The minimum atomic E-state index is -3.56. The van der Waals surface area contributed by atoms with E-state index in [2.05, 4.69) is 0 Å². The van der Waals surface area contributed by atoms with Crippen LogP contribution in [0.5, 0.6) is 0 Å². The molecule has 0 atom stereocenters. The number of carbonyl (C=O) groups is 1. The lowest BCUT2D eigenvalue weighted by atomic mass is 10.3. The number of nitrogens with zero attached hydrogens (tertiary/aromatic N) is 2. The van der Waals surface area contributed by atoms with E-state index in [4.69, 9.17) is 11.6 Å². The highest BCUT2D eigenvalue weighted by atomic mass is 35.5. The zero-order valence-electron chi connectivity index (χ0n) is 13.6. The molecule has 2 aromatic rings. The average molecular weight is 435 g/mol. The smallest absolute Gasteiger partial charge is 0.252 e. The molecule has 1 aliphatic heterocycles. The summed E-state index contributed by atoms with van der Waals surface area (Å²) in [4.78, 5) is 14.8. The van der Waals surface area contributed by atoms with E-state index < -0.39 is 10.0 Å². The van der Waals surface area contributed by atoms with Crippen LogP contribution >= 0.6 is 34.7 Å². The van der Waals surface area contributed by atoms with Gasteiger partial charge >= 0.3 is 0 Å². The molecule has 140 valence electrons. The van der Waals surface area contributed by atoms with Crippen molar-refractivity contribution in [1.82, 2.24) is 9.21 Å². The molecule has 0 bridgehead atoms. The average Bonchev–Trinajstić information content (AvgIpc) is 3.08. The second kappa shape index (κ2) is 8.26. The summed E-state index contributed by atoms with van der Waals surface area (Å²) in [5, 5.41) is 0. The van der Waals surface area contributed by atoms with Crippen molar-refractivity contribution in [2.75, 3.05) is 31.9 Å². The third-order valence-electron chi connectivity index (χ3n) is 3.91. The summed E-state index contributed by atoms with van der Waals surface area (Å²) >= 11 is 8.19. The van der Waals surface area contributed by atoms with Gasteiger partial charge in [0.2, 0.25) is 5.91 Å². The fraction of sp³-hybridized carbons (Fsp3) is 0.312. The van der Waals surface area contributed by atoms with E-state index in [1.54, 1.807) is 23.1 Å². The highest BCUT2D eigenvalue weighted by Gasteiger charge is 2.31. The lowest BCUT2D eigenvalue weighted by molar-refractivity contribution is -0.129. The molecular formula is C16H16ClFN2O3S3. The Bertz CT molecular complexity index is 878. The number of rotatable bonds is 5. The van der Waals surface area contributed by atoms with Crippen molar-refractivity contribution in [2.45, 2.75) is 9.10 Å². The summed E-state index contributed by atoms with van der Waals surface area (Å²) in [6.45, 7) is 1.21. The molecule has 0 unspecified atom stereocenters. The van der Waals surface area contributed by atoms with Gasteiger partial charge < -0.3 is 4.90 Å². The molecule has 26 heavy (non-hydrogen) atoms. The Morgan fingerprint density at radius 2 is 1.77 bits per heavy atom. The van der Waals surface area contributed by atoms with E-state index in [1.807, 2.05) is 0 Å². The van der Waals surface area contributed by atoms with E-state index in [9.17, 15) is 17.6 Å². The Morgan fingerprint density at radius 1 is 1.12 bits per heavy atom. The fourth-order valence-electron chi connectivity index (χ4n) is 2.51. The molecule has 1 fully saturated rings. The maximum absolute atomic E-state index is 12.9. The summed E-state index contributed by atoms with van der Waals surface area (Å²) in [6.07, 6.45) is 0. The number of sulfonamides is 1. The van der Waals surface area contributed by atoms with Crippen LogP contribution in [0.15, 0.2) is 45.5 Å². The normalized spacial score (nSPS) is 16.0. The Labute approximate surface area is 164 Å². The van der Waals surface area contributed by atoms with E-state index in [0.29, 0.717) is 17.4 Å². The van der Waals surface area contributed by atoms with Gasteiger partial charge in [0.05, 0.1) is 10.1 Å². The number of piperazine rings is 1. The molecule has 2 heterocycles. The lowest BCUT2D eigenvalue weighted by Gasteiger charge is -2.33. The number of amides is 1. The molecule has 1 amide bonds. The SMILES string of the molecule is O=C(CSc1ccc(F)cc1)N1CCN(S(=O)(=O)c2ccc(Cl)s2)CC1. The third kappa shape index (κ3) is 4.58. The van der Waals surface area contributed by atoms with Crippen LogP contribution in [0, 0.1) is 5.82 Å². The zero-order valence-corrected chi connectivity index (χ0v) is 16.8. The first-order valence-electron chi connectivity index (χ1n) is 7.78. The van der Waals surface area contributed by atoms with E-state index in [-0.39, 0.29) is 34.8 Å². The number of thiophene rings is 1. The first kappa shape index (κ1) is 19.6. The molecule has 0 saturated carbocycles. The largest absolute Gasteiger partial charge is 0.339 e. The summed E-state index contributed by atoms with van der Waals surface area (Å²) in [7, 11) is -3.56. The molecule has 1 aromatic carbocycles. The predicted molar refractivity (Wildman–Crippen MR) is 102 cm³/mol. The molecule has 3 rings (SSSR count). The number of thioether (sulfide) groups is 1. The predicted octanol–water partition coefficient (Wildman–Crippen LogP) is 3.17. The maximum atomic E-state index is 12.9. The molecular weight excluding hydrogens is 419 g/mol. The number of halogens is 2. The number of benzene rings is 1. The molecule has 0 radical (unpaired) electrons. The highest BCUT2D eigenvalue weighted by Crippen LogP contribution is 2.28. The first-order chi connectivity index (χ1) is 12.4. The monoisotopic (exact) mass is 434 g/mol. The third-order valence-corrected chi connectivity index (χ3v) is 8.50. The van der Waals surface area contributed by atoms with Crippen molar-refractivity contribution in [3.05, 3.63) is 46.6 Å². The van der Waals surface area contributed by atoms with Gasteiger partial charge in [-0.25, -0.2) is 12.8 Å². The highest BCUT2D eigenvalue weighted by molar-refractivity contribution is 8.00. The topological polar surface area (TPSA) is 57.7 Å². The maximum Gasteiger partial charge on any atom is 0.252 e. The Balaban J connectivity index is 1.53. The van der Waals surface area contributed by atoms with Crippen molar-refractivity contribution >= 4 is 50.6 Å². The van der Waals surface area contributed by atoms with Crippen molar-refractivity contribution in [1.29, 1.82) is 0 Å². The molecule has 1 aromatic heterocycles. The standard InChI is InChI=1S/C16H16ClFN2O3S3/c17-14-5-6-16(25-14)26(22,23)20-9-7-19(8-10-20)15(21)11-24-13-3-1-12(18)2-4-13/h1-6H,7-11H2. The summed E-state index contributed by atoms with van der Waals surface area (Å²) in [5.41, 5.74) is 0. The number of carbonyl (C=O) groups excluding carboxylic acids is 1. The van der Waals surface area contributed by atoms with E-state index in [0.717, 1.165) is 16.2 Å². The summed E-state index contributed by atoms with van der Waals surface area (Å²) < 4.78 is 40.0. The lowest BCUT2D eigenvalue weighted by Crippen LogP contribution is -2.50. The van der Waals surface area contributed by atoms with Crippen LogP contribution in [-0.2, 0) is 14.8 Å². The Hall–Kier alpha value is -1.13. The van der Waals surface area contributed by atoms with Crippen LogP contribution in [0.25, 0.3) is 0 Å². The molecule has 1 saturated heterocycles. The van der Waals surface area contributed by atoms with Gasteiger partial charge in [0.1, 0.15) is 10.0 Å². The van der Waals surface area contributed by atoms with Crippen LogP contribution in [0.1, 0.15) is 0 Å². The van der Waals surface area contributed by atoms with Crippen molar-refractivity contribution in [2.24, 2.45) is 0 Å². The second-order valence-corrected chi connectivity index (χ2v) is 10.5. The van der Waals surface area contributed by atoms with Crippen LogP contribution in [0.4, 0.5) is 4.39 Å². The Morgan fingerprint density at radius 3 is 2.35 bits per heavy atom. The Kier molecular flexibility index (Phi) is 6.24. The van der Waals surface area contributed by atoms with Gasteiger partial charge in [0, 0.05) is 31.1 Å². The van der Waals surface area contributed by atoms with E-state index >= 15 is 0 Å². The van der Waals surface area contributed by atoms with Gasteiger partial charge in [-0.05, 0) is 36.4 Å². The minimum Gasteiger partial charge on any atom is -0.339 e. The van der Waals surface area contributed by atoms with Crippen LogP contribution in [0.2, 0.25) is 4.34 Å². The summed E-state index contributed by atoms with van der Waals surface area (Å²) in [5.74, 6) is -0.139. The molecule has 5 nitrogen and oxygen atoms in total. The molecule has 10 heteroatoms. The van der Waals surface area contributed by atoms with Gasteiger partial charge in [-0.2, -0.15) is 4.31 Å². The second-order valence-electron chi connectivity index (χ2n) is 5.59. The van der Waals surface area contributed by atoms with Crippen molar-refractivity contribution in [3.8, 4) is 0 Å². The van der Waals surface area contributed by atoms with Gasteiger partial charge in [-0.15, -0.1) is 23.1 Å². The van der Waals surface area contributed by atoms with Crippen molar-refractivity contribution < 1.29 is 17.6 Å². The van der Waals surface area contributed by atoms with Crippen molar-refractivity contribution in [3.63, 3.8) is 0 Å². The number of hydrogen-bond acceptors (Lipinski definition) is 5. The molecule has 0 N–H and O–H groups in total. The quantitative estimate of drug-likeness (QED) is 0.678. The molecule has 0 aliphatic carbocycles.